The fraction of sp³-hybridized carbons (Fsp3) is 0.700. The Morgan fingerprint density at radius 1 is 1.50 bits per heavy atom. The second kappa shape index (κ2) is 9.01. The predicted octanol–water partition coefficient (Wildman–Crippen LogP) is 1.63. The van der Waals surface area contributed by atoms with Gasteiger partial charge in [0, 0.05) is 36.6 Å². The molecule has 2 N–H and O–H groups in total. The van der Waals surface area contributed by atoms with E-state index in [9.17, 15) is 14.7 Å². The predicted molar refractivity (Wildman–Crippen MR) is 105 cm³/mol. The summed E-state index contributed by atoms with van der Waals surface area (Å²) in [6.07, 6.45) is 2.42. The fourth-order valence-electron chi connectivity index (χ4n) is 3.03. The maximum Gasteiger partial charge on any atom is 0.246 e. The molecule has 0 aromatic carbocycles. The lowest BCUT2D eigenvalue weighted by Gasteiger charge is -2.36. The number of nitrogens with one attached hydrogen (secondary N) is 1. The van der Waals surface area contributed by atoms with E-state index in [2.05, 4.69) is 10.5 Å². The number of likely N-dealkylation sites (N-methyl/N-ethyl adjacent to an activating group) is 1. The number of rotatable bonds is 9. The van der Waals surface area contributed by atoms with Crippen molar-refractivity contribution in [2.75, 3.05) is 38.7 Å². The minimum Gasteiger partial charge on any atom is -0.395 e. The fourth-order valence-corrected chi connectivity index (χ4v) is 3.03. The SMILES string of the molecule is CN(CC(C=C=O)C1CCOC1)C(C)(C)C(=O)Nc1cc(C(C)(C)CO)no1. The van der Waals surface area contributed by atoms with Gasteiger partial charge in [0.2, 0.25) is 11.8 Å². The first kappa shape index (κ1) is 22.3. The van der Waals surface area contributed by atoms with Crippen molar-refractivity contribution >= 4 is 17.7 Å². The Bertz CT molecular complexity index is 715. The number of hydrogen-bond acceptors (Lipinski definition) is 7. The molecule has 156 valence electrons. The van der Waals surface area contributed by atoms with Gasteiger partial charge < -0.3 is 14.4 Å². The zero-order valence-corrected chi connectivity index (χ0v) is 17.3. The zero-order valence-electron chi connectivity index (χ0n) is 17.3. The Kier molecular flexibility index (Phi) is 7.17. The lowest BCUT2D eigenvalue weighted by molar-refractivity contribution is -0.126. The average molecular weight is 393 g/mol. The van der Waals surface area contributed by atoms with Crippen molar-refractivity contribution in [3.63, 3.8) is 0 Å². The number of carbonyl (C=O) groups excluding carboxylic acids is 2. The number of aromatic nitrogens is 1. The Hall–Kier alpha value is -1.99. The lowest BCUT2D eigenvalue weighted by atomic mass is 9.89. The van der Waals surface area contributed by atoms with Crippen molar-refractivity contribution in [1.29, 1.82) is 0 Å². The van der Waals surface area contributed by atoms with E-state index in [1.807, 2.05) is 45.6 Å². The molecule has 2 rings (SSSR count). The van der Waals surface area contributed by atoms with Gasteiger partial charge in [-0.05, 0) is 33.2 Å². The van der Waals surface area contributed by atoms with Gasteiger partial charge in [-0.3, -0.25) is 15.0 Å². The highest BCUT2D eigenvalue weighted by Gasteiger charge is 2.36. The summed E-state index contributed by atoms with van der Waals surface area (Å²) in [4.78, 5) is 25.7. The third kappa shape index (κ3) is 5.08. The van der Waals surface area contributed by atoms with Gasteiger partial charge in [0.15, 0.2) is 0 Å². The molecule has 2 atom stereocenters. The maximum atomic E-state index is 12.9. The van der Waals surface area contributed by atoms with E-state index in [-0.39, 0.29) is 30.2 Å². The minimum absolute atomic E-state index is 0.0284. The Labute approximate surface area is 165 Å². The van der Waals surface area contributed by atoms with Crippen molar-refractivity contribution in [2.45, 2.75) is 45.1 Å². The highest BCUT2D eigenvalue weighted by Crippen LogP contribution is 2.27. The highest BCUT2D eigenvalue weighted by molar-refractivity contribution is 5.96. The summed E-state index contributed by atoms with van der Waals surface area (Å²) in [6, 6.07) is 1.62. The van der Waals surface area contributed by atoms with E-state index >= 15 is 0 Å². The monoisotopic (exact) mass is 393 g/mol. The van der Waals surface area contributed by atoms with Crippen LogP contribution in [0.25, 0.3) is 0 Å². The molecular formula is C20H31N3O5. The first-order chi connectivity index (χ1) is 13.1. The van der Waals surface area contributed by atoms with Crippen LogP contribution in [0.2, 0.25) is 0 Å². The molecule has 0 saturated carbocycles. The lowest BCUT2D eigenvalue weighted by Crippen LogP contribution is -2.52. The highest BCUT2D eigenvalue weighted by atomic mass is 16.5. The van der Waals surface area contributed by atoms with Crippen LogP contribution in [0.15, 0.2) is 16.7 Å². The summed E-state index contributed by atoms with van der Waals surface area (Å²) >= 11 is 0. The molecule has 1 amide bonds. The minimum atomic E-state index is -0.853. The van der Waals surface area contributed by atoms with Crippen LogP contribution in [0.3, 0.4) is 0 Å². The van der Waals surface area contributed by atoms with Gasteiger partial charge in [-0.2, -0.15) is 0 Å². The first-order valence-electron chi connectivity index (χ1n) is 9.51. The largest absolute Gasteiger partial charge is 0.395 e. The molecule has 0 spiro atoms. The molecule has 1 aromatic rings. The second-order valence-electron chi connectivity index (χ2n) is 8.58. The van der Waals surface area contributed by atoms with Gasteiger partial charge in [-0.25, -0.2) is 4.79 Å². The van der Waals surface area contributed by atoms with Crippen molar-refractivity contribution < 1.29 is 24.0 Å². The number of anilines is 1. The van der Waals surface area contributed by atoms with Crippen molar-refractivity contribution in [1.82, 2.24) is 10.1 Å². The molecule has 1 aliphatic rings. The van der Waals surface area contributed by atoms with Crippen LogP contribution in [0, 0.1) is 11.8 Å². The molecule has 0 radical (unpaired) electrons. The Morgan fingerprint density at radius 3 is 2.79 bits per heavy atom. The molecule has 0 aliphatic carbocycles. The molecule has 1 aliphatic heterocycles. The number of amides is 1. The summed E-state index contributed by atoms with van der Waals surface area (Å²) in [7, 11) is 1.85. The van der Waals surface area contributed by atoms with E-state index in [0.717, 1.165) is 6.42 Å². The van der Waals surface area contributed by atoms with Gasteiger partial charge >= 0.3 is 0 Å². The van der Waals surface area contributed by atoms with Crippen molar-refractivity contribution in [2.24, 2.45) is 11.8 Å². The summed E-state index contributed by atoms with van der Waals surface area (Å²) < 4.78 is 10.6. The van der Waals surface area contributed by atoms with E-state index in [4.69, 9.17) is 9.26 Å². The molecule has 0 bridgehead atoms. The molecule has 1 saturated heterocycles. The van der Waals surface area contributed by atoms with Crippen molar-refractivity contribution in [3.8, 4) is 0 Å². The number of carbonyl (C=O) groups is 1. The van der Waals surface area contributed by atoms with Crippen LogP contribution < -0.4 is 5.32 Å². The maximum absolute atomic E-state index is 12.9. The van der Waals surface area contributed by atoms with Gasteiger partial charge in [0.1, 0.15) is 5.94 Å². The molecule has 1 fully saturated rings. The third-order valence-corrected chi connectivity index (χ3v) is 5.68. The quantitative estimate of drug-likeness (QED) is 0.615. The Balaban J connectivity index is 2.05. The molecular weight excluding hydrogens is 362 g/mol. The number of aliphatic hydroxyl groups is 1. The van der Waals surface area contributed by atoms with Crippen molar-refractivity contribution in [3.05, 3.63) is 17.8 Å². The first-order valence-corrected chi connectivity index (χ1v) is 9.51. The van der Waals surface area contributed by atoms with Crippen LogP contribution in [0.5, 0.6) is 0 Å². The topological polar surface area (TPSA) is 105 Å². The normalized spacial score (nSPS) is 18.8. The van der Waals surface area contributed by atoms with Crippen LogP contribution in [-0.2, 0) is 19.7 Å². The summed E-state index contributed by atoms with van der Waals surface area (Å²) in [5.41, 5.74) is -0.849. The zero-order chi connectivity index (χ0) is 20.9. The number of ether oxygens (including phenoxy) is 1. The number of hydrogen-bond donors (Lipinski definition) is 2. The summed E-state index contributed by atoms with van der Waals surface area (Å²) in [6.45, 7) is 9.04. The van der Waals surface area contributed by atoms with E-state index in [1.165, 1.54) is 6.08 Å². The van der Waals surface area contributed by atoms with Crippen LogP contribution in [0.1, 0.15) is 39.8 Å². The van der Waals surface area contributed by atoms with Gasteiger partial charge in [-0.15, -0.1) is 0 Å². The summed E-state index contributed by atoms with van der Waals surface area (Å²) in [5, 5.41) is 16.1. The van der Waals surface area contributed by atoms with E-state index in [1.54, 1.807) is 6.07 Å². The second-order valence-corrected chi connectivity index (χ2v) is 8.58. The number of aliphatic hydroxyl groups excluding tert-OH is 1. The third-order valence-electron chi connectivity index (χ3n) is 5.68. The van der Waals surface area contributed by atoms with Crippen LogP contribution in [-0.4, -0.2) is 66.0 Å². The molecule has 8 nitrogen and oxygen atoms in total. The molecule has 1 aromatic heterocycles. The standard InChI is InChI=1S/C20H31N3O5/c1-19(2,13-25)16-10-17(28-22-16)21-18(26)20(3,4)23(5)11-14(6-8-24)15-7-9-27-12-15/h6,10,14-15,25H,7,9,11-13H2,1-5H3,(H,21,26). The van der Waals surface area contributed by atoms with Crippen LogP contribution in [0.4, 0.5) is 5.88 Å². The van der Waals surface area contributed by atoms with Gasteiger partial charge in [0.05, 0.1) is 24.4 Å². The number of nitrogens with zero attached hydrogens (tertiary/aromatic N) is 2. The van der Waals surface area contributed by atoms with Crippen LogP contribution >= 0.6 is 0 Å². The molecule has 8 heteroatoms. The Morgan fingerprint density at radius 2 is 2.21 bits per heavy atom. The van der Waals surface area contributed by atoms with E-state index in [0.29, 0.717) is 25.5 Å². The molecule has 28 heavy (non-hydrogen) atoms. The average Bonchev–Trinajstić information content (AvgIpc) is 3.33. The summed E-state index contributed by atoms with van der Waals surface area (Å²) in [5.74, 6) is 2.09. The smallest absolute Gasteiger partial charge is 0.246 e. The molecule has 2 unspecified atom stereocenters. The molecule has 2 heterocycles. The van der Waals surface area contributed by atoms with Gasteiger partial charge in [0.25, 0.3) is 0 Å². The van der Waals surface area contributed by atoms with E-state index < -0.39 is 11.0 Å². The van der Waals surface area contributed by atoms with Gasteiger partial charge in [-0.1, -0.05) is 19.0 Å².